The Balaban J connectivity index is 2.22. The SMILES string of the molecule is COc1ccc(Cl)c(/C(O)=C2\C(=O)C(=O)N(CCN(C)C)C2c2ccccc2F)c1. The molecule has 1 unspecified atom stereocenters. The van der Waals surface area contributed by atoms with E-state index in [1.165, 1.54) is 42.3 Å². The lowest BCUT2D eigenvalue weighted by Crippen LogP contribution is -2.35. The molecule has 0 bridgehead atoms. The highest BCUT2D eigenvalue weighted by atomic mass is 35.5. The zero-order valence-electron chi connectivity index (χ0n) is 16.9. The Labute approximate surface area is 179 Å². The number of rotatable bonds is 6. The molecule has 1 N–H and O–H groups in total. The maximum Gasteiger partial charge on any atom is 0.295 e. The number of carbonyl (C=O) groups is 2. The minimum atomic E-state index is -1.08. The number of aliphatic hydroxyl groups excluding tert-OH is 1. The second kappa shape index (κ2) is 8.85. The lowest BCUT2D eigenvalue weighted by Gasteiger charge is -2.26. The fourth-order valence-electron chi connectivity index (χ4n) is 3.40. The highest BCUT2D eigenvalue weighted by Crippen LogP contribution is 2.41. The molecule has 0 spiro atoms. The van der Waals surface area contributed by atoms with Crippen LogP contribution in [-0.2, 0) is 9.59 Å². The van der Waals surface area contributed by atoms with Gasteiger partial charge in [-0.1, -0.05) is 29.8 Å². The van der Waals surface area contributed by atoms with Crippen LogP contribution in [-0.4, -0.2) is 60.9 Å². The van der Waals surface area contributed by atoms with E-state index in [-0.39, 0.29) is 28.3 Å². The number of amides is 1. The van der Waals surface area contributed by atoms with Crippen molar-refractivity contribution in [2.24, 2.45) is 0 Å². The van der Waals surface area contributed by atoms with Crippen molar-refractivity contribution in [1.29, 1.82) is 0 Å². The van der Waals surface area contributed by atoms with Crippen molar-refractivity contribution >= 4 is 29.1 Å². The van der Waals surface area contributed by atoms with Crippen molar-refractivity contribution in [2.45, 2.75) is 6.04 Å². The van der Waals surface area contributed by atoms with Crippen LogP contribution in [0, 0.1) is 5.82 Å². The van der Waals surface area contributed by atoms with Gasteiger partial charge >= 0.3 is 0 Å². The molecule has 1 fully saturated rings. The number of hydrogen-bond acceptors (Lipinski definition) is 5. The van der Waals surface area contributed by atoms with Crippen LogP contribution in [0.15, 0.2) is 48.0 Å². The summed E-state index contributed by atoms with van der Waals surface area (Å²) >= 11 is 6.23. The minimum absolute atomic E-state index is 0.121. The molecule has 2 aromatic rings. The third kappa shape index (κ3) is 4.04. The lowest BCUT2D eigenvalue weighted by atomic mass is 9.95. The number of halogens is 2. The molecule has 6 nitrogen and oxygen atoms in total. The van der Waals surface area contributed by atoms with Gasteiger partial charge in [0.15, 0.2) is 0 Å². The summed E-state index contributed by atoms with van der Waals surface area (Å²) < 4.78 is 19.9. The maximum absolute atomic E-state index is 14.7. The van der Waals surface area contributed by atoms with E-state index in [9.17, 15) is 19.1 Å². The molecular formula is C22H22ClFN2O4. The summed E-state index contributed by atoms with van der Waals surface area (Å²) in [4.78, 5) is 28.8. The van der Waals surface area contributed by atoms with E-state index in [0.29, 0.717) is 12.3 Å². The van der Waals surface area contributed by atoms with E-state index in [1.807, 2.05) is 19.0 Å². The van der Waals surface area contributed by atoms with Gasteiger partial charge in [-0.15, -0.1) is 0 Å². The second-order valence-corrected chi connectivity index (χ2v) is 7.57. The molecule has 0 radical (unpaired) electrons. The molecule has 1 aliphatic rings. The summed E-state index contributed by atoms with van der Waals surface area (Å²) in [6.45, 7) is 0.636. The predicted molar refractivity (Wildman–Crippen MR) is 112 cm³/mol. The molecule has 1 saturated heterocycles. The van der Waals surface area contributed by atoms with Gasteiger partial charge in [0.1, 0.15) is 17.3 Å². The van der Waals surface area contributed by atoms with Crippen LogP contribution in [0.5, 0.6) is 5.75 Å². The summed E-state index contributed by atoms with van der Waals surface area (Å²) in [6.07, 6.45) is 0. The van der Waals surface area contributed by atoms with Gasteiger partial charge in [-0.05, 0) is 38.4 Å². The smallest absolute Gasteiger partial charge is 0.295 e. The number of ketones is 1. The first kappa shape index (κ1) is 21.8. The van der Waals surface area contributed by atoms with Gasteiger partial charge in [0.25, 0.3) is 11.7 Å². The number of aliphatic hydroxyl groups is 1. The van der Waals surface area contributed by atoms with Crippen molar-refractivity contribution in [3.63, 3.8) is 0 Å². The van der Waals surface area contributed by atoms with Crippen LogP contribution in [0.25, 0.3) is 5.76 Å². The first-order valence-corrected chi connectivity index (χ1v) is 9.65. The zero-order valence-corrected chi connectivity index (χ0v) is 17.6. The highest BCUT2D eigenvalue weighted by Gasteiger charge is 2.46. The van der Waals surface area contributed by atoms with Crippen molar-refractivity contribution < 1.29 is 23.8 Å². The molecule has 1 aliphatic heterocycles. The Kier molecular flexibility index (Phi) is 6.43. The number of ether oxygens (including phenoxy) is 1. The highest BCUT2D eigenvalue weighted by molar-refractivity contribution is 6.47. The van der Waals surface area contributed by atoms with Crippen LogP contribution in [0.3, 0.4) is 0 Å². The first-order valence-electron chi connectivity index (χ1n) is 9.27. The normalized spacial score (nSPS) is 18.3. The van der Waals surface area contributed by atoms with Crippen LogP contribution in [0.2, 0.25) is 5.02 Å². The second-order valence-electron chi connectivity index (χ2n) is 7.16. The molecular weight excluding hydrogens is 411 g/mol. The average Bonchev–Trinajstić information content (AvgIpc) is 2.97. The number of carbonyl (C=O) groups excluding carboxylic acids is 2. The lowest BCUT2D eigenvalue weighted by molar-refractivity contribution is -0.140. The predicted octanol–water partition coefficient (Wildman–Crippen LogP) is 3.47. The number of methoxy groups -OCH3 is 1. The molecule has 0 saturated carbocycles. The van der Waals surface area contributed by atoms with Crippen molar-refractivity contribution in [3.05, 3.63) is 70.0 Å². The van der Waals surface area contributed by atoms with Crippen molar-refractivity contribution in [2.75, 3.05) is 34.3 Å². The van der Waals surface area contributed by atoms with E-state index < -0.39 is 29.3 Å². The summed E-state index contributed by atoms with van der Waals surface area (Å²) in [5.74, 6) is -2.34. The molecule has 0 aliphatic carbocycles. The number of hydrogen-bond donors (Lipinski definition) is 1. The number of likely N-dealkylation sites (tertiary alicyclic amines) is 1. The number of nitrogens with zero attached hydrogens (tertiary/aromatic N) is 2. The Bertz CT molecular complexity index is 1020. The molecule has 1 atom stereocenters. The van der Waals surface area contributed by atoms with Crippen LogP contribution >= 0.6 is 11.6 Å². The van der Waals surface area contributed by atoms with Gasteiger partial charge in [-0.2, -0.15) is 0 Å². The molecule has 3 rings (SSSR count). The topological polar surface area (TPSA) is 70.1 Å². The number of benzene rings is 2. The molecule has 2 aromatic carbocycles. The Morgan fingerprint density at radius 3 is 2.57 bits per heavy atom. The number of likely N-dealkylation sites (N-methyl/N-ethyl adjacent to an activating group) is 1. The van der Waals surface area contributed by atoms with Gasteiger partial charge in [0, 0.05) is 24.2 Å². The Morgan fingerprint density at radius 2 is 1.93 bits per heavy atom. The van der Waals surface area contributed by atoms with Crippen LogP contribution in [0.4, 0.5) is 4.39 Å². The van der Waals surface area contributed by atoms with Gasteiger partial charge in [-0.3, -0.25) is 9.59 Å². The van der Waals surface area contributed by atoms with E-state index in [4.69, 9.17) is 16.3 Å². The quantitative estimate of drug-likeness (QED) is 0.430. The molecule has 1 amide bonds. The van der Waals surface area contributed by atoms with Gasteiger partial charge < -0.3 is 19.6 Å². The monoisotopic (exact) mass is 432 g/mol. The van der Waals surface area contributed by atoms with Gasteiger partial charge in [0.05, 0.1) is 23.7 Å². The summed E-state index contributed by atoms with van der Waals surface area (Å²) in [5, 5.41) is 11.2. The molecule has 1 heterocycles. The molecule has 8 heteroatoms. The fraction of sp³-hybridized carbons (Fsp3) is 0.273. The zero-order chi connectivity index (χ0) is 22.0. The summed E-state index contributed by atoms with van der Waals surface area (Å²) in [6, 6.07) is 9.37. The van der Waals surface area contributed by atoms with Gasteiger partial charge in [-0.25, -0.2) is 4.39 Å². The fourth-order valence-corrected chi connectivity index (χ4v) is 3.60. The van der Waals surface area contributed by atoms with E-state index >= 15 is 0 Å². The molecule has 0 aromatic heterocycles. The molecule has 158 valence electrons. The van der Waals surface area contributed by atoms with Crippen LogP contribution < -0.4 is 4.74 Å². The average molecular weight is 433 g/mol. The van der Waals surface area contributed by atoms with Crippen molar-refractivity contribution in [3.8, 4) is 5.75 Å². The third-order valence-electron chi connectivity index (χ3n) is 4.96. The Morgan fingerprint density at radius 1 is 1.23 bits per heavy atom. The van der Waals surface area contributed by atoms with E-state index in [2.05, 4.69) is 0 Å². The maximum atomic E-state index is 14.7. The van der Waals surface area contributed by atoms with Crippen LogP contribution in [0.1, 0.15) is 17.2 Å². The third-order valence-corrected chi connectivity index (χ3v) is 5.29. The first-order chi connectivity index (χ1) is 14.3. The standard InChI is InChI=1S/C22H22ClFN2O4/c1-25(2)10-11-26-19(14-6-4-5-7-17(14)24)18(21(28)22(26)29)20(27)15-12-13(30-3)8-9-16(15)23/h4-9,12,19,27H,10-11H2,1-3H3/b20-18+. The molecule has 30 heavy (non-hydrogen) atoms. The van der Waals surface area contributed by atoms with Gasteiger partial charge in [0.2, 0.25) is 0 Å². The largest absolute Gasteiger partial charge is 0.507 e. The summed E-state index contributed by atoms with van der Waals surface area (Å²) in [7, 11) is 5.10. The van der Waals surface area contributed by atoms with E-state index in [0.717, 1.165) is 0 Å². The summed E-state index contributed by atoms with van der Waals surface area (Å²) in [5.41, 5.74) is 0.0398. The number of Topliss-reactive ketones (excluding diaryl/α,β-unsaturated/α-hetero) is 1. The van der Waals surface area contributed by atoms with E-state index in [1.54, 1.807) is 12.1 Å². The Hall–Kier alpha value is -2.90. The minimum Gasteiger partial charge on any atom is -0.507 e. The van der Waals surface area contributed by atoms with Crippen molar-refractivity contribution in [1.82, 2.24) is 9.80 Å².